The van der Waals surface area contributed by atoms with Gasteiger partial charge < -0.3 is 15.4 Å². The van der Waals surface area contributed by atoms with Crippen molar-refractivity contribution in [1.29, 1.82) is 0 Å². The zero-order valence-corrected chi connectivity index (χ0v) is 15.5. The molecule has 2 aromatic carbocycles. The predicted octanol–water partition coefficient (Wildman–Crippen LogP) is 4.25. The second-order valence-electron chi connectivity index (χ2n) is 5.07. The van der Waals surface area contributed by atoms with Crippen LogP contribution in [0.4, 0.5) is 11.4 Å². The van der Waals surface area contributed by atoms with Gasteiger partial charge in [0.05, 0.1) is 29.9 Å². The number of nitrogens with one attached hydrogen (secondary N) is 2. The minimum Gasteiger partial charge on any atom is -0.465 e. The molecule has 0 radical (unpaired) electrons. The lowest BCUT2D eigenvalue weighted by atomic mass is 10.2. The number of hydrogen-bond acceptors (Lipinski definition) is 4. The summed E-state index contributed by atoms with van der Waals surface area (Å²) in [5.74, 6) is -0.745. The molecule has 1 amide bonds. The van der Waals surface area contributed by atoms with Crippen molar-refractivity contribution in [3.63, 3.8) is 0 Å². The Balaban J connectivity index is 2.00. The van der Waals surface area contributed by atoms with E-state index in [4.69, 9.17) is 11.6 Å². The van der Waals surface area contributed by atoms with Crippen molar-refractivity contribution in [2.45, 2.75) is 6.92 Å². The fourth-order valence-electron chi connectivity index (χ4n) is 2.00. The van der Waals surface area contributed by atoms with Crippen molar-refractivity contribution in [2.24, 2.45) is 0 Å². The number of anilines is 2. The summed E-state index contributed by atoms with van der Waals surface area (Å²) in [6.45, 7) is 2.01. The molecule has 5 nitrogen and oxygen atoms in total. The van der Waals surface area contributed by atoms with Crippen LogP contribution in [0.5, 0.6) is 0 Å². The summed E-state index contributed by atoms with van der Waals surface area (Å²) in [7, 11) is 1.28. The van der Waals surface area contributed by atoms with Crippen molar-refractivity contribution in [3.05, 3.63) is 57.0 Å². The van der Waals surface area contributed by atoms with Crippen molar-refractivity contribution in [1.82, 2.24) is 0 Å². The molecular formula is C17H16BrClN2O3. The zero-order chi connectivity index (χ0) is 17.7. The first-order valence-corrected chi connectivity index (χ1v) is 8.25. The number of methoxy groups -OCH3 is 1. The van der Waals surface area contributed by atoms with Gasteiger partial charge in [-0.2, -0.15) is 0 Å². The van der Waals surface area contributed by atoms with Gasteiger partial charge in [0.15, 0.2) is 0 Å². The number of carbonyl (C=O) groups excluding carboxylic acids is 2. The molecule has 0 atom stereocenters. The average molecular weight is 412 g/mol. The van der Waals surface area contributed by atoms with Gasteiger partial charge in [0.1, 0.15) is 0 Å². The molecule has 0 aromatic heterocycles. The Labute approximate surface area is 153 Å². The number of rotatable bonds is 5. The molecule has 0 bridgehead atoms. The first-order valence-electron chi connectivity index (χ1n) is 7.08. The molecule has 0 unspecified atom stereocenters. The van der Waals surface area contributed by atoms with Crippen molar-refractivity contribution in [3.8, 4) is 0 Å². The molecule has 0 aliphatic heterocycles. The van der Waals surface area contributed by atoms with Crippen LogP contribution in [0.2, 0.25) is 5.02 Å². The maximum absolute atomic E-state index is 12.1. The predicted molar refractivity (Wildman–Crippen MR) is 98.8 cm³/mol. The van der Waals surface area contributed by atoms with E-state index in [-0.39, 0.29) is 18.0 Å². The standard InChI is InChI=1S/C17H16BrClN2O3/c1-10-3-6-15(13(18)7-10)21-16(22)9-20-11-4-5-14(19)12(8-11)17(23)24-2/h3-8,20H,9H2,1-2H3,(H,21,22). The van der Waals surface area contributed by atoms with Crippen LogP contribution >= 0.6 is 27.5 Å². The molecule has 126 valence electrons. The summed E-state index contributed by atoms with van der Waals surface area (Å²) < 4.78 is 5.48. The number of hydrogen-bond donors (Lipinski definition) is 2. The molecule has 24 heavy (non-hydrogen) atoms. The van der Waals surface area contributed by atoms with Crippen LogP contribution in [0, 0.1) is 6.92 Å². The van der Waals surface area contributed by atoms with Crippen molar-refractivity contribution >= 4 is 50.8 Å². The number of ether oxygens (including phenoxy) is 1. The fourth-order valence-corrected chi connectivity index (χ4v) is 2.79. The topological polar surface area (TPSA) is 67.4 Å². The molecule has 0 spiro atoms. The minimum atomic E-state index is -0.531. The monoisotopic (exact) mass is 410 g/mol. The highest BCUT2D eigenvalue weighted by atomic mass is 79.9. The molecule has 2 N–H and O–H groups in total. The third-order valence-corrected chi connectivity index (χ3v) is 4.21. The molecule has 0 saturated carbocycles. The van der Waals surface area contributed by atoms with E-state index >= 15 is 0 Å². The number of carbonyl (C=O) groups is 2. The van der Waals surface area contributed by atoms with Crippen LogP contribution in [0.15, 0.2) is 40.9 Å². The Morgan fingerprint density at radius 3 is 2.62 bits per heavy atom. The van der Waals surface area contributed by atoms with Crippen LogP contribution in [0.1, 0.15) is 15.9 Å². The van der Waals surface area contributed by atoms with Crippen LogP contribution in [0.25, 0.3) is 0 Å². The lowest BCUT2D eigenvalue weighted by molar-refractivity contribution is -0.114. The second-order valence-corrected chi connectivity index (χ2v) is 6.33. The van der Waals surface area contributed by atoms with E-state index in [9.17, 15) is 9.59 Å². The summed E-state index contributed by atoms with van der Waals surface area (Å²) >= 11 is 9.37. The van der Waals surface area contributed by atoms with Gasteiger partial charge in [-0.3, -0.25) is 4.79 Å². The molecule has 7 heteroatoms. The molecule has 2 rings (SSSR count). The first kappa shape index (κ1) is 18.3. The van der Waals surface area contributed by atoms with E-state index in [0.29, 0.717) is 16.4 Å². The van der Waals surface area contributed by atoms with Crippen LogP contribution < -0.4 is 10.6 Å². The fraction of sp³-hybridized carbons (Fsp3) is 0.176. The SMILES string of the molecule is COC(=O)c1cc(NCC(=O)Nc2ccc(C)cc2Br)ccc1Cl. The Morgan fingerprint density at radius 1 is 1.21 bits per heavy atom. The summed E-state index contributed by atoms with van der Waals surface area (Å²) in [6, 6.07) is 10.5. The van der Waals surface area contributed by atoms with E-state index in [1.54, 1.807) is 18.2 Å². The summed E-state index contributed by atoms with van der Waals surface area (Å²) in [5, 5.41) is 6.04. The van der Waals surface area contributed by atoms with Crippen LogP contribution in [0.3, 0.4) is 0 Å². The van der Waals surface area contributed by atoms with Crippen LogP contribution in [-0.4, -0.2) is 25.5 Å². The van der Waals surface area contributed by atoms with Crippen LogP contribution in [-0.2, 0) is 9.53 Å². The maximum atomic E-state index is 12.1. The van der Waals surface area contributed by atoms with Crippen molar-refractivity contribution < 1.29 is 14.3 Å². The molecule has 0 heterocycles. The number of esters is 1. The summed E-state index contributed by atoms with van der Waals surface area (Å²) in [5.41, 5.74) is 2.62. The van der Waals surface area contributed by atoms with Gasteiger partial charge in [-0.1, -0.05) is 17.7 Å². The smallest absolute Gasteiger partial charge is 0.339 e. The van der Waals surface area contributed by atoms with E-state index in [1.165, 1.54) is 7.11 Å². The third kappa shape index (κ3) is 4.72. The van der Waals surface area contributed by atoms with E-state index < -0.39 is 5.97 Å². The molecule has 0 aliphatic rings. The van der Waals surface area contributed by atoms with Gasteiger partial charge in [0.25, 0.3) is 0 Å². The lowest BCUT2D eigenvalue weighted by Gasteiger charge is -2.11. The highest BCUT2D eigenvalue weighted by Crippen LogP contribution is 2.24. The Morgan fingerprint density at radius 2 is 1.96 bits per heavy atom. The molecule has 0 aliphatic carbocycles. The highest BCUT2D eigenvalue weighted by Gasteiger charge is 2.12. The maximum Gasteiger partial charge on any atom is 0.339 e. The largest absolute Gasteiger partial charge is 0.465 e. The number of halogens is 2. The van der Waals surface area contributed by atoms with Crippen molar-refractivity contribution in [2.75, 3.05) is 24.3 Å². The normalized spacial score (nSPS) is 10.2. The minimum absolute atomic E-state index is 0.0442. The molecule has 2 aromatic rings. The average Bonchev–Trinajstić information content (AvgIpc) is 2.56. The van der Waals surface area contributed by atoms with Gasteiger partial charge in [-0.15, -0.1) is 0 Å². The summed E-state index contributed by atoms with van der Waals surface area (Å²) in [6.07, 6.45) is 0. The molecule has 0 saturated heterocycles. The molecular weight excluding hydrogens is 396 g/mol. The Kier molecular flexibility index (Phi) is 6.23. The lowest BCUT2D eigenvalue weighted by Crippen LogP contribution is -2.22. The van der Waals surface area contributed by atoms with Gasteiger partial charge in [0.2, 0.25) is 5.91 Å². The van der Waals surface area contributed by atoms with E-state index in [1.807, 2.05) is 25.1 Å². The van der Waals surface area contributed by atoms with Gasteiger partial charge in [-0.25, -0.2) is 4.79 Å². The van der Waals surface area contributed by atoms with Gasteiger partial charge in [-0.05, 0) is 58.7 Å². The third-order valence-electron chi connectivity index (χ3n) is 3.22. The zero-order valence-electron chi connectivity index (χ0n) is 13.2. The molecule has 0 fully saturated rings. The van der Waals surface area contributed by atoms with Gasteiger partial charge in [0, 0.05) is 10.2 Å². The highest BCUT2D eigenvalue weighted by molar-refractivity contribution is 9.10. The first-order chi connectivity index (χ1) is 11.4. The number of aryl methyl sites for hydroxylation is 1. The Bertz CT molecular complexity index is 780. The summed E-state index contributed by atoms with van der Waals surface area (Å²) in [4.78, 5) is 23.7. The Hall–Kier alpha value is -2.05. The quantitative estimate of drug-likeness (QED) is 0.722. The van der Waals surface area contributed by atoms with Gasteiger partial charge >= 0.3 is 5.97 Å². The number of amides is 1. The van der Waals surface area contributed by atoms with E-state index in [0.717, 1.165) is 10.0 Å². The number of benzene rings is 2. The second kappa shape index (κ2) is 8.17. The van der Waals surface area contributed by atoms with E-state index in [2.05, 4.69) is 31.3 Å².